The van der Waals surface area contributed by atoms with E-state index in [1.807, 2.05) is 0 Å². The van der Waals surface area contributed by atoms with Crippen molar-refractivity contribution in [3.05, 3.63) is 39.9 Å². The molecule has 104 valence electrons. The third kappa shape index (κ3) is 5.45. The number of aliphatic hydroxyl groups excluding tert-OH is 1. The summed E-state index contributed by atoms with van der Waals surface area (Å²) in [6, 6.07) is 6.13. The second kappa shape index (κ2) is 8.17. The number of rotatable bonds is 8. The molecule has 0 saturated heterocycles. The fourth-order valence-electron chi connectivity index (χ4n) is 1.50. The van der Waals surface area contributed by atoms with Gasteiger partial charge in [0.15, 0.2) is 0 Å². The van der Waals surface area contributed by atoms with Crippen LogP contribution in [0.1, 0.15) is 5.56 Å². The van der Waals surface area contributed by atoms with Crippen molar-refractivity contribution in [3.8, 4) is 0 Å². The highest BCUT2D eigenvalue weighted by molar-refractivity contribution is 5.79. The molecule has 0 aliphatic rings. The molecular weight excluding hydrogens is 252 g/mol. The highest BCUT2D eigenvalue weighted by Crippen LogP contribution is 2.17. The minimum Gasteiger partial charge on any atom is -0.394 e. The van der Waals surface area contributed by atoms with Gasteiger partial charge in [0.2, 0.25) is 5.91 Å². The van der Waals surface area contributed by atoms with Gasteiger partial charge in [0.05, 0.1) is 31.2 Å². The molecule has 0 fully saturated rings. The second-order valence-corrected chi connectivity index (χ2v) is 3.75. The largest absolute Gasteiger partial charge is 0.394 e. The maximum Gasteiger partial charge on any atom is 0.273 e. The minimum atomic E-state index is -0.507. The molecule has 0 atom stereocenters. The molecule has 0 aliphatic heterocycles. The van der Waals surface area contributed by atoms with Gasteiger partial charge in [0.25, 0.3) is 5.69 Å². The Bertz CT molecular complexity index is 436. The van der Waals surface area contributed by atoms with Gasteiger partial charge in [-0.15, -0.1) is 0 Å². The van der Waals surface area contributed by atoms with E-state index >= 15 is 0 Å². The Labute approximate surface area is 110 Å². The van der Waals surface area contributed by atoms with Crippen LogP contribution < -0.4 is 5.32 Å². The summed E-state index contributed by atoms with van der Waals surface area (Å²) < 4.78 is 4.97. The van der Waals surface area contributed by atoms with Gasteiger partial charge >= 0.3 is 0 Å². The molecule has 7 heteroatoms. The Balaban J connectivity index is 2.42. The van der Waals surface area contributed by atoms with E-state index < -0.39 is 4.92 Å². The highest BCUT2D eigenvalue weighted by Gasteiger charge is 2.14. The van der Waals surface area contributed by atoms with E-state index in [0.29, 0.717) is 18.7 Å². The maximum absolute atomic E-state index is 11.6. The molecule has 19 heavy (non-hydrogen) atoms. The average Bonchev–Trinajstić information content (AvgIpc) is 2.39. The third-order valence-electron chi connectivity index (χ3n) is 2.34. The van der Waals surface area contributed by atoms with Crippen LogP contribution in [0.25, 0.3) is 0 Å². The molecule has 7 nitrogen and oxygen atoms in total. The van der Waals surface area contributed by atoms with Gasteiger partial charge in [-0.3, -0.25) is 14.9 Å². The van der Waals surface area contributed by atoms with Crippen molar-refractivity contribution in [1.29, 1.82) is 0 Å². The van der Waals surface area contributed by atoms with Crippen LogP contribution in [0.15, 0.2) is 24.3 Å². The van der Waals surface area contributed by atoms with Crippen LogP contribution in [0.5, 0.6) is 0 Å². The van der Waals surface area contributed by atoms with E-state index in [9.17, 15) is 14.9 Å². The van der Waals surface area contributed by atoms with E-state index in [4.69, 9.17) is 9.84 Å². The molecule has 2 N–H and O–H groups in total. The smallest absolute Gasteiger partial charge is 0.273 e. The molecule has 1 aromatic carbocycles. The SMILES string of the molecule is O=C(Cc1ccccc1[N+](=O)[O-])NCCOCCO. The van der Waals surface area contributed by atoms with Crippen LogP contribution in [0.2, 0.25) is 0 Å². The summed E-state index contributed by atoms with van der Waals surface area (Å²) in [7, 11) is 0. The Morgan fingerprint density at radius 2 is 2.11 bits per heavy atom. The standard InChI is InChI=1S/C12H16N2O5/c15-6-8-19-7-5-13-12(16)9-10-3-1-2-4-11(10)14(17)18/h1-4,15H,5-9H2,(H,13,16). The molecule has 0 bridgehead atoms. The molecule has 0 aliphatic carbocycles. The Kier molecular flexibility index (Phi) is 6.48. The summed E-state index contributed by atoms with van der Waals surface area (Å²) in [5.41, 5.74) is 0.315. The van der Waals surface area contributed by atoms with Gasteiger partial charge in [0, 0.05) is 18.2 Å². The fourth-order valence-corrected chi connectivity index (χ4v) is 1.50. The predicted octanol–water partition coefficient (Wildman–Crippen LogP) is 0.262. The van der Waals surface area contributed by atoms with Gasteiger partial charge in [-0.05, 0) is 0 Å². The van der Waals surface area contributed by atoms with Crippen molar-refractivity contribution in [2.75, 3.05) is 26.4 Å². The molecule has 0 saturated carbocycles. The van der Waals surface area contributed by atoms with E-state index in [1.165, 1.54) is 6.07 Å². The van der Waals surface area contributed by atoms with Crippen molar-refractivity contribution >= 4 is 11.6 Å². The van der Waals surface area contributed by atoms with Crippen LogP contribution in [0.3, 0.4) is 0 Å². The number of aliphatic hydroxyl groups is 1. The number of para-hydroxylation sites is 1. The molecule has 0 aromatic heterocycles. The van der Waals surface area contributed by atoms with Crippen molar-refractivity contribution in [1.82, 2.24) is 5.32 Å². The number of nitrogens with zero attached hydrogens (tertiary/aromatic N) is 1. The number of hydrogen-bond acceptors (Lipinski definition) is 5. The number of carbonyl (C=O) groups excluding carboxylic acids is 1. The lowest BCUT2D eigenvalue weighted by atomic mass is 10.1. The van der Waals surface area contributed by atoms with Crippen molar-refractivity contribution in [2.45, 2.75) is 6.42 Å². The van der Waals surface area contributed by atoms with E-state index in [-0.39, 0.29) is 31.2 Å². The number of nitro groups is 1. The Morgan fingerprint density at radius 3 is 2.79 bits per heavy atom. The lowest BCUT2D eigenvalue weighted by Crippen LogP contribution is -2.29. The minimum absolute atomic E-state index is 0.0445. The number of ether oxygens (including phenoxy) is 1. The normalized spacial score (nSPS) is 10.2. The van der Waals surface area contributed by atoms with Gasteiger partial charge in [0.1, 0.15) is 0 Å². The van der Waals surface area contributed by atoms with Crippen molar-refractivity contribution < 1.29 is 19.6 Å². The predicted molar refractivity (Wildman–Crippen MR) is 67.7 cm³/mol. The Morgan fingerprint density at radius 1 is 1.37 bits per heavy atom. The summed E-state index contributed by atoms with van der Waals surface area (Å²) in [6.45, 7) is 0.757. The fraction of sp³-hybridized carbons (Fsp3) is 0.417. The first-order valence-electron chi connectivity index (χ1n) is 5.82. The van der Waals surface area contributed by atoms with E-state index in [0.717, 1.165) is 0 Å². The molecular formula is C12H16N2O5. The van der Waals surface area contributed by atoms with E-state index in [1.54, 1.807) is 18.2 Å². The first kappa shape index (κ1) is 15.1. The van der Waals surface area contributed by atoms with Crippen molar-refractivity contribution in [3.63, 3.8) is 0 Å². The summed E-state index contributed by atoms with van der Waals surface area (Å²) >= 11 is 0. The van der Waals surface area contributed by atoms with Crippen LogP contribution in [-0.4, -0.2) is 42.3 Å². The van der Waals surface area contributed by atoms with Crippen LogP contribution in [0.4, 0.5) is 5.69 Å². The zero-order valence-electron chi connectivity index (χ0n) is 10.4. The first-order valence-corrected chi connectivity index (χ1v) is 5.82. The lowest BCUT2D eigenvalue weighted by Gasteiger charge is -2.06. The van der Waals surface area contributed by atoms with Gasteiger partial charge in [-0.1, -0.05) is 18.2 Å². The topological polar surface area (TPSA) is 102 Å². The molecule has 0 heterocycles. The molecule has 0 radical (unpaired) electrons. The first-order chi connectivity index (χ1) is 9.15. The van der Waals surface area contributed by atoms with Gasteiger partial charge < -0.3 is 15.2 Å². The summed E-state index contributed by atoms with van der Waals surface area (Å²) in [4.78, 5) is 21.8. The zero-order valence-corrected chi connectivity index (χ0v) is 10.4. The summed E-state index contributed by atoms with van der Waals surface area (Å²) in [6.07, 6.45) is -0.0445. The Hall–Kier alpha value is -1.99. The zero-order chi connectivity index (χ0) is 14.1. The van der Waals surface area contributed by atoms with E-state index in [2.05, 4.69) is 5.32 Å². The van der Waals surface area contributed by atoms with Crippen LogP contribution >= 0.6 is 0 Å². The average molecular weight is 268 g/mol. The quantitative estimate of drug-likeness (QED) is 0.400. The molecule has 0 spiro atoms. The number of benzene rings is 1. The number of amides is 1. The highest BCUT2D eigenvalue weighted by atomic mass is 16.6. The summed E-state index contributed by atoms with van der Waals surface area (Å²) in [5.74, 6) is -0.304. The lowest BCUT2D eigenvalue weighted by molar-refractivity contribution is -0.385. The number of nitrogens with one attached hydrogen (secondary N) is 1. The summed E-state index contributed by atoms with van der Waals surface area (Å²) in [5, 5.41) is 21.8. The van der Waals surface area contributed by atoms with Crippen molar-refractivity contribution in [2.24, 2.45) is 0 Å². The van der Waals surface area contributed by atoms with Crippen LogP contribution in [-0.2, 0) is 16.0 Å². The van der Waals surface area contributed by atoms with Gasteiger partial charge in [-0.25, -0.2) is 0 Å². The maximum atomic E-state index is 11.6. The number of nitro benzene ring substituents is 1. The molecule has 1 amide bonds. The molecule has 0 unspecified atom stereocenters. The van der Waals surface area contributed by atoms with Crippen LogP contribution in [0, 0.1) is 10.1 Å². The third-order valence-corrected chi connectivity index (χ3v) is 2.34. The molecule has 1 rings (SSSR count). The number of hydrogen-bond donors (Lipinski definition) is 2. The second-order valence-electron chi connectivity index (χ2n) is 3.75. The van der Waals surface area contributed by atoms with Gasteiger partial charge in [-0.2, -0.15) is 0 Å². The molecule has 1 aromatic rings. The number of carbonyl (C=O) groups is 1. The monoisotopic (exact) mass is 268 g/mol.